The van der Waals surface area contributed by atoms with E-state index in [4.69, 9.17) is 4.42 Å². The normalized spacial score (nSPS) is 11.3. The summed E-state index contributed by atoms with van der Waals surface area (Å²) in [7, 11) is 2.11. The fourth-order valence-corrected chi connectivity index (χ4v) is 2.59. The van der Waals surface area contributed by atoms with E-state index in [1.165, 1.54) is 11.1 Å². The second kappa shape index (κ2) is 7.78. The van der Waals surface area contributed by atoms with Crippen molar-refractivity contribution in [3.05, 3.63) is 57.5 Å². The Morgan fingerprint density at radius 1 is 1.19 bits per heavy atom. The molecule has 1 aromatic carbocycles. The summed E-state index contributed by atoms with van der Waals surface area (Å²) in [4.78, 5) is 2.26. The van der Waals surface area contributed by atoms with E-state index >= 15 is 0 Å². The Morgan fingerprint density at radius 3 is 2.57 bits per heavy atom. The summed E-state index contributed by atoms with van der Waals surface area (Å²) in [6, 6.07) is 10.6. The van der Waals surface area contributed by atoms with Gasteiger partial charge in [-0.1, -0.05) is 35.0 Å². The molecular formula is C17H23BrN2O. The minimum Gasteiger partial charge on any atom is -0.465 e. The molecule has 0 amide bonds. The van der Waals surface area contributed by atoms with E-state index in [9.17, 15) is 0 Å². The van der Waals surface area contributed by atoms with Crippen LogP contribution in [-0.4, -0.2) is 18.5 Å². The van der Waals surface area contributed by atoms with Crippen molar-refractivity contribution in [3.63, 3.8) is 0 Å². The maximum absolute atomic E-state index is 5.85. The van der Waals surface area contributed by atoms with Crippen molar-refractivity contribution in [3.8, 4) is 0 Å². The average Bonchev–Trinajstić information content (AvgIpc) is 2.79. The van der Waals surface area contributed by atoms with Crippen molar-refractivity contribution in [2.45, 2.75) is 33.5 Å². The number of nitrogens with zero attached hydrogens (tertiary/aromatic N) is 1. The maximum atomic E-state index is 5.85. The minimum absolute atomic E-state index is 0.822. The van der Waals surface area contributed by atoms with Gasteiger partial charge in [-0.2, -0.15) is 0 Å². The zero-order valence-electron chi connectivity index (χ0n) is 12.9. The molecule has 21 heavy (non-hydrogen) atoms. The first-order chi connectivity index (χ1) is 10.1. The van der Waals surface area contributed by atoms with Crippen LogP contribution in [0.3, 0.4) is 0 Å². The molecule has 0 spiro atoms. The molecule has 0 aliphatic carbocycles. The molecule has 3 nitrogen and oxygen atoms in total. The summed E-state index contributed by atoms with van der Waals surface area (Å²) in [6.45, 7) is 7.73. The highest BCUT2D eigenvalue weighted by Gasteiger charge is 2.09. The average molecular weight is 351 g/mol. The second-order valence-electron chi connectivity index (χ2n) is 5.37. The van der Waals surface area contributed by atoms with E-state index in [1.54, 1.807) is 0 Å². The Morgan fingerprint density at radius 2 is 1.90 bits per heavy atom. The van der Waals surface area contributed by atoms with Gasteiger partial charge in [0.05, 0.1) is 6.54 Å². The first-order valence-electron chi connectivity index (χ1n) is 7.30. The smallest absolute Gasteiger partial charge is 0.118 e. The fourth-order valence-electron chi connectivity index (χ4n) is 2.32. The number of halogens is 1. The van der Waals surface area contributed by atoms with E-state index in [1.807, 2.05) is 6.92 Å². The lowest BCUT2D eigenvalue weighted by molar-refractivity contribution is 0.285. The third-order valence-corrected chi connectivity index (χ3v) is 3.96. The topological polar surface area (TPSA) is 28.4 Å². The van der Waals surface area contributed by atoms with Gasteiger partial charge in [0.2, 0.25) is 0 Å². The van der Waals surface area contributed by atoms with Gasteiger partial charge in [0, 0.05) is 23.1 Å². The Balaban J connectivity index is 1.93. The second-order valence-corrected chi connectivity index (χ2v) is 6.29. The van der Waals surface area contributed by atoms with E-state index < -0.39 is 0 Å². The first kappa shape index (κ1) is 16.3. The highest BCUT2D eigenvalue weighted by Crippen LogP contribution is 2.17. The maximum Gasteiger partial charge on any atom is 0.118 e. The predicted molar refractivity (Wildman–Crippen MR) is 90.1 cm³/mol. The van der Waals surface area contributed by atoms with Gasteiger partial charge in [-0.15, -0.1) is 0 Å². The van der Waals surface area contributed by atoms with Gasteiger partial charge < -0.3 is 9.73 Å². The van der Waals surface area contributed by atoms with Crippen LogP contribution in [0.1, 0.15) is 29.6 Å². The molecule has 2 aromatic rings. The van der Waals surface area contributed by atoms with Crippen molar-refractivity contribution in [2.75, 3.05) is 13.6 Å². The van der Waals surface area contributed by atoms with Crippen molar-refractivity contribution >= 4 is 15.9 Å². The lowest BCUT2D eigenvalue weighted by atomic mass is 10.2. The molecule has 0 bridgehead atoms. The van der Waals surface area contributed by atoms with Gasteiger partial charge in [0.15, 0.2) is 0 Å². The highest BCUT2D eigenvalue weighted by molar-refractivity contribution is 9.10. The zero-order valence-corrected chi connectivity index (χ0v) is 14.5. The molecule has 0 fully saturated rings. The van der Waals surface area contributed by atoms with Crippen LogP contribution in [0.2, 0.25) is 0 Å². The largest absolute Gasteiger partial charge is 0.465 e. The molecule has 1 aromatic heterocycles. The summed E-state index contributed by atoms with van der Waals surface area (Å²) in [5, 5.41) is 3.34. The molecule has 1 heterocycles. The monoisotopic (exact) mass is 350 g/mol. The Hall–Kier alpha value is -1.10. The van der Waals surface area contributed by atoms with Gasteiger partial charge in [-0.25, -0.2) is 0 Å². The SMILES string of the molecule is CCNCc1cc(CN(C)Cc2ccc(Br)cc2)oc1C. The molecule has 0 radical (unpaired) electrons. The fraction of sp³-hybridized carbons (Fsp3) is 0.412. The van der Waals surface area contributed by atoms with Crippen LogP contribution in [0.25, 0.3) is 0 Å². The summed E-state index contributed by atoms with van der Waals surface area (Å²) < 4.78 is 6.96. The molecule has 0 saturated heterocycles. The first-order valence-corrected chi connectivity index (χ1v) is 8.09. The molecule has 2 rings (SSSR count). The van der Waals surface area contributed by atoms with Crippen molar-refractivity contribution in [2.24, 2.45) is 0 Å². The van der Waals surface area contributed by atoms with Crippen molar-refractivity contribution in [1.82, 2.24) is 10.2 Å². The van der Waals surface area contributed by atoms with E-state index in [-0.39, 0.29) is 0 Å². The minimum atomic E-state index is 0.822. The summed E-state index contributed by atoms with van der Waals surface area (Å²) in [6.07, 6.45) is 0. The summed E-state index contributed by atoms with van der Waals surface area (Å²) >= 11 is 3.46. The van der Waals surface area contributed by atoms with Crippen LogP contribution in [0.15, 0.2) is 39.2 Å². The van der Waals surface area contributed by atoms with Gasteiger partial charge in [0.1, 0.15) is 11.5 Å². The van der Waals surface area contributed by atoms with Crippen LogP contribution >= 0.6 is 15.9 Å². The molecule has 4 heteroatoms. The van der Waals surface area contributed by atoms with Crippen molar-refractivity contribution < 1.29 is 4.42 Å². The molecule has 0 saturated carbocycles. The van der Waals surface area contributed by atoms with Crippen LogP contribution in [0, 0.1) is 6.92 Å². The number of furan rings is 1. The molecule has 1 N–H and O–H groups in total. The predicted octanol–water partition coefficient (Wildman–Crippen LogP) is 4.09. The lowest BCUT2D eigenvalue weighted by Crippen LogP contribution is -2.16. The molecular weight excluding hydrogens is 328 g/mol. The number of benzene rings is 1. The molecule has 114 valence electrons. The number of aryl methyl sites for hydroxylation is 1. The number of nitrogens with one attached hydrogen (secondary N) is 1. The highest BCUT2D eigenvalue weighted by atomic mass is 79.9. The summed E-state index contributed by atoms with van der Waals surface area (Å²) in [5.41, 5.74) is 2.56. The Kier molecular flexibility index (Phi) is 6.03. The zero-order chi connectivity index (χ0) is 15.2. The van der Waals surface area contributed by atoms with Gasteiger partial charge in [-0.3, -0.25) is 4.90 Å². The molecule has 0 aliphatic rings. The third kappa shape index (κ3) is 4.99. The third-order valence-electron chi connectivity index (χ3n) is 3.43. The van der Waals surface area contributed by atoms with Crippen LogP contribution in [-0.2, 0) is 19.6 Å². The summed E-state index contributed by atoms with van der Waals surface area (Å²) in [5.74, 6) is 2.04. The van der Waals surface area contributed by atoms with Gasteiger partial charge in [0.25, 0.3) is 0 Å². The van der Waals surface area contributed by atoms with Crippen LogP contribution in [0.4, 0.5) is 0 Å². The number of hydrogen-bond donors (Lipinski definition) is 1. The molecule has 0 unspecified atom stereocenters. The molecule has 0 aliphatic heterocycles. The van der Waals surface area contributed by atoms with Gasteiger partial charge in [-0.05, 0) is 44.3 Å². The quantitative estimate of drug-likeness (QED) is 0.814. The van der Waals surface area contributed by atoms with Crippen molar-refractivity contribution in [1.29, 1.82) is 0 Å². The molecule has 0 atom stereocenters. The van der Waals surface area contributed by atoms with Gasteiger partial charge >= 0.3 is 0 Å². The lowest BCUT2D eigenvalue weighted by Gasteiger charge is -2.15. The van der Waals surface area contributed by atoms with E-state index in [2.05, 4.69) is 70.4 Å². The van der Waals surface area contributed by atoms with Crippen LogP contribution in [0.5, 0.6) is 0 Å². The van der Waals surface area contributed by atoms with E-state index in [0.29, 0.717) is 0 Å². The standard InChI is InChI=1S/C17H23BrN2O/c1-4-19-10-15-9-17(21-13(15)2)12-20(3)11-14-5-7-16(18)8-6-14/h5-9,19H,4,10-12H2,1-3H3. The number of hydrogen-bond acceptors (Lipinski definition) is 3. The Bertz CT molecular complexity index is 563. The van der Waals surface area contributed by atoms with E-state index in [0.717, 1.165) is 42.2 Å². The Labute approximate surface area is 135 Å². The number of rotatable bonds is 7. The van der Waals surface area contributed by atoms with Crippen LogP contribution < -0.4 is 5.32 Å².